The number of likely N-dealkylation sites (N-methyl/N-ethyl adjacent to an activating group) is 1. The number of carbonyl (C=O) groups is 1. The molecule has 1 amide bonds. The van der Waals surface area contributed by atoms with E-state index in [4.69, 9.17) is 13.7 Å². The molecule has 8 nitrogen and oxygen atoms in total. The van der Waals surface area contributed by atoms with E-state index in [1.165, 1.54) is 5.56 Å². The van der Waals surface area contributed by atoms with Gasteiger partial charge in [0.1, 0.15) is 5.75 Å². The standard InChI is InChI=1S/C27H32N2O6S2/c1-28(12-8-20-18-36-26-17-22(6-7-23(20)26)35-37(4,31)32)10-5-11-29-13-9-19-14-24(33-2)25(34-3)15-21(19)16-27(29)30/h6-7,9,13-15,17-18H,5,8,10-12,16H2,1-4H3. The van der Waals surface area contributed by atoms with Crippen molar-refractivity contribution in [3.05, 3.63) is 58.6 Å². The second-order valence-electron chi connectivity index (χ2n) is 9.10. The second kappa shape index (κ2) is 11.5. The van der Waals surface area contributed by atoms with E-state index in [2.05, 4.69) is 17.3 Å². The van der Waals surface area contributed by atoms with Gasteiger partial charge in [-0.2, -0.15) is 8.42 Å². The average Bonchev–Trinajstić information content (AvgIpc) is 3.18. The van der Waals surface area contributed by atoms with Crippen molar-refractivity contribution in [2.75, 3.05) is 47.2 Å². The molecule has 0 bridgehead atoms. The summed E-state index contributed by atoms with van der Waals surface area (Å²) in [4.78, 5) is 16.9. The van der Waals surface area contributed by atoms with Crippen molar-refractivity contribution < 1.29 is 26.9 Å². The normalized spacial score (nSPS) is 13.6. The predicted octanol–water partition coefficient (Wildman–Crippen LogP) is 4.18. The number of hydrogen-bond donors (Lipinski definition) is 0. The maximum atomic E-state index is 12.9. The molecule has 0 N–H and O–H groups in total. The molecule has 4 rings (SSSR count). The van der Waals surface area contributed by atoms with E-state index in [0.29, 0.717) is 30.2 Å². The van der Waals surface area contributed by atoms with Gasteiger partial charge in [0, 0.05) is 24.0 Å². The van der Waals surface area contributed by atoms with Gasteiger partial charge >= 0.3 is 10.1 Å². The molecule has 37 heavy (non-hydrogen) atoms. The van der Waals surface area contributed by atoms with Gasteiger partial charge in [-0.1, -0.05) is 0 Å². The lowest BCUT2D eigenvalue weighted by molar-refractivity contribution is -0.127. The molecule has 0 aliphatic carbocycles. The molecule has 2 heterocycles. The third-order valence-electron chi connectivity index (χ3n) is 6.32. The van der Waals surface area contributed by atoms with Crippen LogP contribution in [0.15, 0.2) is 41.9 Å². The molecule has 1 aliphatic rings. The van der Waals surface area contributed by atoms with Gasteiger partial charge < -0.3 is 23.5 Å². The fraction of sp³-hybridized carbons (Fsp3) is 0.370. The zero-order valence-electron chi connectivity index (χ0n) is 21.5. The number of carbonyl (C=O) groups excluding carboxylic acids is 1. The maximum Gasteiger partial charge on any atom is 0.306 e. The van der Waals surface area contributed by atoms with Crippen molar-refractivity contribution in [3.63, 3.8) is 0 Å². The number of hydrogen-bond acceptors (Lipinski definition) is 8. The van der Waals surface area contributed by atoms with Crippen molar-refractivity contribution in [1.29, 1.82) is 0 Å². The van der Waals surface area contributed by atoms with Crippen molar-refractivity contribution in [2.24, 2.45) is 0 Å². The Kier molecular flexibility index (Phi) is 8.41. The molecule has 10 heteroatoms. The van der Waals surface area contributed by atoms with Gasteiger partial charge in [-0.3, -0.25) is 4.79 Å². The van der Waals surface area contributed by atoms with Gasteiger partial charge in [-0.15, -0.1) is 11.3 Å². The van der Waals surface area contributed by atoms with Crippen LogP contribution in [0, 0.1) is 0 Å². The van der Waals surface area contributed by atoms with Gasteiger partial charge in [0.15, 0.2) is 11.5 Å². The molecule has 0 fully saturated rings. The molecule has 0 atom stereocenters. The van der Waals surface area contributed by atoms with Crippen LogP contribution in [0.2, 0.25) is 0 Å². The number of ether oxygens (including phenoxy) is 2. The first-order valence-corrected chi connectivity index (χ1v) is 14.7. The maximum absolute atomic E-state index is 12.9. The lowest BCUT2D eigenvalue weighted by atomic mass is 10.0. The van der Waals surface area contributed by atoms with Crippen LogP contribution in [-0.2, 0) is 27.8 Å². The quantitative estimate of drug-likeness (QED) is 0.335. The molecule has 2 aromatic carbocycles. The Labute approximate surface area is 222 Å². The van der Waals surface area contributed by atoms with Gasteiger partial charge in [0.2, 0.25) is 5.91 Å². The lowest BCUT2D eigenvalue weighted by Crippen LogP contribution is -2.30. The summed E-state index contributed by atoms with van der Waals surface area (Å²) in [5.41, 5.74) is 3.12. The van der Waals surface area contributed by atoms with Crippen molar-refractivity contribution in [2.45, 2.75) is 19.3 Å². The van der Waals surface area contributed by atoms with Crippen LogP contribution in [0.5, 0.6) is 17.2 Å². The number of nitrogens with zero attached hydrogens (tertiary/aromatic N) is 2. The highest BCUT2D eigenvalue weighted by Crippen LogP contribution is 2.33. The number of benzene rings is 2. The van der Waals surface area contributed by atoms with Crippen LogP contribution in [-0.4, -0.2) is 71.3 Å². The Morgan fingerprint density at radius 2 is 1.84 bits per heavy atom. The second-order valence-corrected chi connectivity index (χ2v) is 11.6. The Morgan fingerprint density at radius 3 is 2.57 bits per heavy atom. The van der Waals surface area contributed by atoms with Gasteiger partial charge in [-0.25, -0.2) is 0 Å². The topological polar surface area (TPSA) is 85.4 Å². The van der Waals surface area contributed by atoms with Crippen LogP contribution < -0.4 is 13.7 Å². The van der Waals surface area contributed by atoms with Crippen LogP contribution in [0.25, 0.3) is 16.2 Å². The average molecular weight is 545 g/mol. The zero-order chi connectivity index (χ0) is 26.6. The Hall–Kier alpha value is -3.08. The van der Waals surface area contributed by atoms with Crippen LogP contribution in [0.1, 0.15) is 23.1 Å². The fourth-order valence-corrected chi connectivity index (χ4v) is 5.86. The van der Waals surface area contributed by atoms with E-state index in [0.717, 1.165) is 53.4 Å². The highest BCUT2D eigenvalue weighted by atomic mass is 32.2. The number of fused-ring (bicyclic) bond motifs is 2. The minimum atomic E-state index is -3.54. The third-order valence-corrected chi connectivity index (χ3v) is 7.81. The summed E-state index contributed by atoms with van der Waals surface area (Å²) in [6.45, 7) is 2.38. The number of methoxy groups -OCH3 is 2. The molecule has 1 aromatic heterocycles. The van der Waals surface area contributed by atoms with E-state index in [1.807, 2.05) is 30.5 Å². The molecule has 3 aromatic rings. The zero-order valence-corrected chi connectivity index (χ0v) is 23.2. The summed E-state index contributed by atoms with van der Waals surface area (Å²) in [5.74, 6) is 1.67. The molecular formula is C27H32N2O6S2. The van der Waals surface area contributed by atoms with Crippen LogP contribution >= 0.6 is 11.3 Å². The SMILES string of the molecule is COc1cc2c(cc1OC)CC(=O)N(CCCN(C)CCc1csc3cc(OS(C)(=O)=O)ccc13)C=C2. The van der Waals surface area contributed by atoms with Crippen LogP contribution in [0.4, 0.5) is 0 Å². The van der Waals surface area contributed by atoms with Crippen molar-refractivity contribution in [3.8, 4) is 17.2 Å². The van der Waals surface area contributed by atoms with Gasteiger partial charge in [0.05, 0.1) is 26.9 Å². The first-order valence-electron chi connectivity index (χ1n) is 12.0. The molecule has 0 spiro atoms. The van der Waals surface area contributed by atoms with E-state index in [1.54, 1.807) is 42.6 Å². The number of thiophene rings is 1. The number of amides is 1. The molecule has 0 radical (unpaired) electrons. The first-order chi connectivity index (χ1) is 17.7. The molecule has 1 aliphatic heterocycles. The minimum Gasteiger partial charge on any atom is -0.493 e. The van der Waals surface area contributed by atoms with Crippen molar-refractivity contribution >= 4 is 43.5 Å². The number of rotatable bonds is 11. The summed E-state index contributed by atoms with van der Waals surface area (Å²) in [6.07, 6.45) is 6.91. The van der Waals surface area contributed by atoms with Crippen LogP contribution in [0.3, 0.4) is 0 Å². The largest absolute Gasteiger partial charge is 0.493 e. The van der Waals surface area contributed by atoms with Gasteiger partial charge in [0.25, 0.3) is 0 Å². The predicted molar refractivity (Wildman–Crippen MR) is 147 cm³/mol. The first kappa shape index (κ1) is 27.0. The Bertz CT molecular complexity index is 1410. The van der Waals surface area contributed by atoms with E-state index in [-0.39, 0.29) is 5.91 Å². The monoisotopic (exact) mass is 544 g/mol. The Balaban J connectivity index is 1.28. The van der Waals surface area contributed by atoms with E-state index in [9.17, 15) is 13.2 Å². The Morgan fingerprint density at radius 1 is 1.08 bits per heavy atom. The smallest absolute Gasteiger partial charge is 0.306 e. The van der Waals surface area contributed by atoms with E-state index >= 15 is 0 Å². The third kappa shape index (κ3) is 6.82. The van der Waals surface area contributed by atoms with E-state index < -0.39 is 10.1 Å². The summed E-state index contributed by atoms with van der Waals surface area (Å²) >= 11 is 1.58. The summed E-state index contributed by atoms with van der Waals surface area (Å²) in [6, 6.07) is 9.16. The molecule has 0 saturated carbocycles. The van der Waals surface area contributed by atoms with Gasteiger partial charge in [-0.05, 0) is 90.3 Å². The summed E-state index contributed by atoms with van der Waals surface area (Å²) in [7, 11) is 1.74. The molecule has 0 unspecified atom stereocenters. The lowest BCUT2D eigenvalue weighted by Gasteiger charge is -2.20. The fourth-order valence-electron chi connectivity index (χ4n) is 4.38. The summed E-state index contributed by atoms with van der Waals surface area (Å²) < 4.78 is 39.5. The highest BCUT2D eigenvalue weighted by molar-refractivity contribution is 7.86. The molecule has 198 valence electrons. The molecular weight excluding hydrogens is 512 g/mol. The highest BCUT2D eigenvalue weighted by Gasteiger charge is 2.19. The minimum absolute atomic E-state index is 0.0637. The molecule has 0 saturated heterocycles. The van der Waals surface area contributed by atoms with Crippen molar-refractivity contribution in [1.82, 2.24) is 9.80 Å². The summed E-state index contributed by atoms with van der Waals surface area (Å²) in [5, 5.41) is 3.23.